The molecule has 0 fully saturated rings. The smallest absolute Gasteiger partial charge is 0.244 e. The average molecular weight is 264 g/mol. The molecule has 0 aliphatic rings. The van der Waals surface area contributed by atoms with Gasteiger partial charge >= 0.3 is 0 Å². The van der Waals surface area contributed by atoms with Crippen molar-refractivity contribution in [3.63, 3.8) is 0 Å². The van der Waals surface area contributed by atoms with Crippen molar-refractivity contribution in [3.05, 3.63) is 17.6 Å². The van der Waals surface area contributed by atoms with E-state index in [0.717, 1.165) is 11.5 Å². The first kappa shape index (κ1) is 15.4. The lowest BCUT2D eigenvalue weighted by Gasteiger charge is -2.21. The number of aromatic nitrogens is 2. The van der Waals surface area contributed by atoms with Gasteiger partial charge in [-0.25, -0.2) is 9.97 Å². The zero-order valence-corrected chi connectivity index (χ0v) is 12.7. The lowest BCUT2D eigenvalue weighted by Crippen LogP contribution is -2.39. The fraction of sp³-hybridized carbons (Fsp3) is 0.643. The summed E-state index contributed by atoms with van der Waals surface area (Å²) in [4.78, 5) is 22.5. The molecule has 0 aromatic carbocycles. The fourth-order valence-corrected chi connectivity index (χ4v) is 1.69. The molecule has 5 nitrogen and oxygen atoms in total. The van der Waals surface area contributed by atoms with Gasteiger partial charge in [0.25, 0.3) is 0 Å². The van der Waals surface area contributed by atoms with Crippen LogP contribution in [0, 0.1) is 6.92 Å². The second-order valence-electron chi connectivity index (χ2n) is 5.13. The number of nitrogens with one attached hydrogen (secondary N) is 1. The first-order valence-electron chi connectivity index (χ1n) is 6.72. The molecule has 1 atom stereocenters. The Labute approximate surface area is 115 Å². The number of likely N-dealkylation sites (N-methyl/N-ethyl adjacent to an activating group) is 1. The Kier molecular flexibility index (Phi) is 5.27. The largest absolute Gasteiger partial charge is 0.359 e. The Morgan fingerprint density at radius 2 is 2.00 bits per heavy atom. The molecule has 1 aromatic rings. The van der Waals surface area contributed by atoms with Crippen molar-refractivity contribution in [2.75, 3.05) is 18.9 Å². The number of hydrogen-bond acceptors (Lipinski definition) is 4. The van der Waals surface area contributed by atoms with Gasteiger partial charge < -0.3 is 10.2 Å². The summed E-state index contributed by atoms with van der Waals surface area (Å²) in [6.07, 6.45) is 0. The summed E-state index contributed by atoms with van der Waals surface area (Å²) in [5.41, 5.74) is 0.907. The molecular weight excluding hydrogens is 240 g/mol. The summed E-state index contributed by atoms with van der Waals surface area (Å²) in [7, 11) is 1.80. The molecule has 106 valence electrons. The van der Waals surface area contributed by atoms with Crippen LogP contribution in [0.3, 0.4) is 0 Å². The third-order valence-electron chi connectivity index (χ3n) is 2.97. The zero-order chi connectivity index (χ0) is 14.6. The van der Waals surface area contributed by atoms with Crippen molar-refractivity contribution in [2.45, 2.75) is 46.6 Å². The minimum Gasteiger partial charge on any atom is -0.359 e. The molecule has 1 unspecified atom stereocenters. The Bertz CT molecular complexity index is 445. The van der Waals surface area contributed by atoms with Crippen LogP contribution < -0.4 is 5.32 Å². The van der Waals surface area contributed by atoms with E-state index in [9.17, 15) is 4.79 Å². The maximum absolute atomic E-state index is 12.0. The van der Waals surface area contributed by atoms with E-state index in [4.69, 9.17) is 0 Å². The van der Waals surface area contributed by atoms with Gasteiger partial charge in [0.15, 0.2) is 0 Å². The van der Waals surface area contributed by atoms with Crippen LogP contribution in [0.1, 0.15) is 45.1 Å². The highest BCUT2D eigenvalue weighted by Crippen LogP contribution is 2.14. The van der Waals surface area contributed by atoms with Crippen LogP contribution in [0.5, 0.6) is 0 Å². The Morgan fingerprint density at radius 1 is 1.37 bits per heavy atom. The van der Waals surface area contributed by atoms with Crippen LogP contribution in [0.4, 0.5) is 5.82 Å². The highest BCUT2D eigenvalue weighted by atomic mass is 16.2. The van der Waals surface area contributed by atoms with E-state index in [1.165, 1.54) is 0 Å². The predicted octanol–water partition coefficient (Wildman–Crippen LogP) is 2.19. The number of rotatable bonds is 5. The van der Waals surface area contributed by atoms with Crippen molar-refractivity contribution >= 4 is 11.7 Å². The summed E-state index contributed by atoms with van der Waals surface area (Å²) in [5, 5.41) is 3.15. The van der Waals surface area contributed by atoms with Crippen LogP contribution in [-0.4, -0.2) is 40.4 Å². The number of nitrogens with zero attached hydrogens (tertiary/aromatic N) is 3. The van der Waals surface area contributed by atoms with Gasteiger partial charge in [0.2, 0.25) is 5.91 Å². The molecule has 1 heterocycles. The van der Waals surface area contributed by atoms with E-state index < -0.39 is 0 Å². The molecule has 5 heteroatoms. The van der Waals surface area contributed by atoms with E-state index in [-0.39, 0.29) is 17.9 Å². The molecule has 19 heavy (non-hydrogen) atoms. The monoisotopic (exact) mass is 264 g/mol. The average Bonchev–Trinajstić information content (AvgIpc) is 2.35. The molecule has 0 saturated heterocycles. The summed E-state index contributed by atoms with van der Waals surface area (Å²) >= 11 is 0. The van der Waals surface area contributed by atoms with Gasteiger partial charge in [0.05, 0.1) is 0 Å². The Balaban J connectivity index is 2.84. The minimum atomic E-state index is -0.292. The summed E-state index contributed by atoms with van der Waals surface area (Å²) in [6.45, 7) is 10.5. The number of amides is 1. The van der Waals surface area contributed by atoms with Gasteiger partial charge in [0.1, 0.15) is 17.7 Å². The number of anilines is 1. The molecule has 0 aliphatic carbocycles. The van der Waals surface area contributed by atoms with E-state index in [0.29, 0.717) is 12.4 Å². The van der Waals surface area contributed by atoms with E-state index in [2.05, 4.69) is 29.1 Å². The lowest BCUT2D eigenvalue weighted by atomic mass is 10.2. The number of carbonyl (C=O) groups excluding carboxylic acids is 1. The second-order valence-corrected chi connectivity index (χ2v) is 5.13. The topological polar surface area (TPSA) is 58.1 Å². The summed E-state index contributed by atoms with van der Waals surface area (Å²) in [6, 6.07) is 1.57. The molecule has 1 rings (SSSR count). The quantitative estimate of drug-likeness (QED) is 0.885. The molecule has 0 bridgehead atoms. The molecule has 0 aliphatic heterocycles. The summed E-state index contributed by atoms with van der Waals surface area (Å²) in [5.74, 6) is 1.84. The van der Waals surface area contributed by atoms with Crippen LogP contribution in [0.25, 0.3) is 0 Å². The Morgan fingerprint density at radius 3 is 2.53 bits per heavy atom. The van der Waals surface area contributed by atoms with Gasteiger partial charge in [-0.2, -0.15) is 0 Å². The normalized spacial score (nSPS) is 12.4. The highest BCUT2D eigenvalue weighted by Gasteiger charge is 2.17. The third-order valence-corrected chi connectivity index (χ3v) is 2.97. The highest BCUT2D eigenvalue weighted by molar-refractivity contribution is 5.83. The van der Waals surface area contributed by atoms with E-state index in [1.54, 1.807) is 11.9 Å². The fourth-order valence-electron chi connectivity index (χ4n) is 1.69. The minimum absolute atomic E-state index is 0.0601. The van der Waals surface area contributed by atoms with Crippen LogP contribution in [0.2, 0.25) is 0 Å². The van der Waals surface area contributed by atoms with Gasteiger partial charge in [-0.1, -0.05) is 13.8 Å². The lowest BCUT2D eigenvalue weighted by molar-refractivity contribution is -0.130. The standard InChI is InChI=1S/C14H24N4O/c1-7-18(6)14(19)11(5)16-12-8-10(4)15-13(17-12)9(2)3/h8-9,11H,7H2,1-6H3,(H,15,16,17). The maximum atomic E-state index is 12.0. The molecule has 1 aromatic heterocycles. The summed E-state index contributed by atoms with van der Waals surface area (Å²) < 4.78 is 0. The van der Waals surface area contributed by atoms with Crippen LogP contribution >= 0.6 is 0 Å². The van der Waals surface area contributed by atoms with E-state index in [1.807, 2.05) is 26.8 Å². The van der Waals surface area contributed by atoms with Crippen LogP contribution in [0.15, 0.2) is 6.07 Å². The third kappa shape index (κ3) is 4.19. The molecular formula is C14H24N4O. The van der Waals surface area contributed by atoms with Gasteiger partial charge in [-0.05, 0) is 20.8 Å². The molecule has 0 saturated carbocycles. The molecule has 0 spiro atoms. The predicted molar refractivity (Wildman–Crippen MR) is 77.3 cm³/mol. The zero-order valence-electron chi connectivity index (χ0n) is 12.7. The van der Waals surface area contributed by atoms with Crippen molar-refractivity contribution in [2.24, 2.45) is 0 Å². The van der Waals surface area contributed by atoms with Crippen molar-refractivity contribution < 1.29 is 4.79 Å². The molecule has 1 amide bonds. The van der Waals surface area contributed by atoms with Gasteiger partial charge in [-0.15, -0.1) is 0 Å². The Hall–Kier alpha value is -1.65. The maximum Gasteiger partial charge on any atom is 0.244 e. The molecule has 1 N–H and O–H groups in total. The first-order chi connectivity index (χ1) is 8.85. The first-order valence-corrected chi connectivity index (χ1v) is 6.72. The van der Waals surface area contributed by atoms with Crippen molar-refractivity contribution in [3.8, 4) is 0 Å². The van der Waals surface area contributed by atoms with Gasteiger partial charge in [0, 0.05) is 31.3 Å². The van der Waals surface area contributed by atoms with Crippen molar-refractivity contribution in [1.29, 1.82) is 0 Å². The van der Waals surface area contributed by atoms with Crippen molar-refractivity contribution in [1.82, 2.24) is 14.9 Å². The molecule has 0 radical (unpaired) electrons. The van der Waals surface area contributed by atoms with Gasteiger partial charge in [-0.3, -0.25) is 4.79 Å². The number of hydrogen-bond donors (Lipinski definition) is 1. The van der Waals surface area contributed by atoms with E-state index >= 15 is 0 Å². The number of aryl methyl sites for hydroxylation is 1. The van der Waals surface area contributed by atoms with Crippen LogP contribution in [-0.2, 0) is 4.79 Å². The SMILES string of the molecule is CCN(C)C(=O)C(C)Nc1cc(C)nc(C(C)C)n1. The second kappa shape index (κ2) is 6.50. The number of carbonyl (C=O) groups is 1.